The summed E-state index contributed by atoms with van der Waals surface area (Å²) in [7, 11) is 0. The monoisotopic (exact) mass is 292 g/mol. The van der Waals surface area contributed by atoms with E-state index in [0.29, 0.717) is 0 Å². The molecule has 0 N–H and O–H groups in total. The van der Waals surface area contributed by atoms with E-state index >= 15 is 0 Å². The van der Waals surface area contributed by atoms with Gasteiger partial charge in [0.15, 0.2) is 0 Å². The number of benzene rings is 2. The van der Waals surface area contributed by atoms with Gasteiger partial charge in [-0.05, 0) is 57.4 Å². The third-order valence-electron chi connectivity index (χ3n) is 4.60. The van der Waals surface area contributed by atoms with E-state index in [1.807, 2.05) is 0 Å². The highest BCUT2D eigenvalue weighted by molar-refractivity contribution is 5.69. The van der Waals surface area contributed by atoms with Crippen molar-refractivity contribution in [3.05, 3.63) is 71.6 Å². The fraction of sp³-hybridized carbons (Fsp3) is 0.300. The first-order valence-electron chi connectivity index (χ1n) is 7.82. The third kappa shape index (κ3) is 2.19. The Morgan fingerprint density at radius 1 is 0.682 bits per heavy atom. The summed E-state index contributed by atoms with van der Waals surface area (Å²) in [5.74, 6) is 0. The summed E-state index contributed by atoms with van der Waals surface area (Å²) in [4.78, 5) is 4.73. The minimum Gasteiger partial charge on any atom is -0.323 e. The molecular formula is C20H24N2. The van der Waals surface area contributed by atoms with Crippen LogP contribution < -0.4 is 9.80 Å². The molecule has 2 aromatic rings. The first-order chi connectivity index (χ1) is 10.4. The van der Waals surface area contributed by atoms with Crippen LogP contribution >= 0.6 is 0 Å². The Bertz CT molecular complexity index is 708. The molecule has 0 aliphatic carbocycles. The zero-order valence-corrected chi connectivity index (χ0v) is 14.1. The van der Waals surface area contributed by atoms with Gasteiger partial charge in [0.2, 0.25) is 0 Å². The number of rotatable bonds is 2. The average Bonchev–Trinajstić information content (AvgIpc) is 2.75. The second kappa shape index (κ2) is 5.20. The summed E-state index contributed by atoms with van der Waals surface area (Å²) in [6, 6.07) is 15.0. The number of anilines is 2. The molecule has 3 rings (SSSR count). The summed E-state index contributed by atoms with van der Waals surface area (Å²) < 4.78 is 0. The molecule has 2 nitrogen and oxygen atoms in total. The predicted molar refractivity (Wildman–Crippen MR) is 95.3 cm³/mol. The zero-order valence-electron chi connectivity index (χ0n) is 14.1. The van der Waals surface area contributed by atoms with Gasteiger partial charge >= 0.3 is 0 Å². The van der Waals surface area contributed by atoms with Gasteiger partial charge in [0.25, 0.3) is 0 Å². The first-order valence-corrected chi connectivity index (χ1v) is 7.82. The minimum atomic E-state index is -0.136. The van der Waals surface area contributed by atoms with Gasteiger partial charge in [0.05, 0.1) is 0 Å². The van der Waals surface area contributed by atoms with Gasteiger partial charge in [-0.2, -0.15) is 0 Å². The Kier molecular flexibility index (Phi) is 3.48. The van der Waals surface area contributed by atoms with Crippen molar-refractivity contribution in [2.45, 2.75) is 40.3 Å². The molecule has 0 saturated heterocycles. The van der Waals surface area contributed by atoms with Crippen molar-refractivity contribution in [2.75, 3.05) is 9.80 Å². The minimum absolute atomic E-state index is 0.136. The van der Waals surface area contributed by atoms with Crippen molar-refractivity contribution in [3.63, 3.8) is 0 Å². The van der Waals surface area contributed by atoms with E-state index in [2.05, 4.69) is 99.3 Å². The topological polar surface area (TPSA) is 6.48 Å². The highest BCUT2D eigenvalue weighted by Gasteiger charge is 2.37. The van der Waals surface area contributed by atoms with Gasteiger partial charge in [-0.15, -0.1) is 0 Å². The molecule has 0 unspecified atom stereocenters. The largest absolute Gasteiger partial charge is 0.323 e. The van der Waals surface area contributed by atoms with Crippen LogP contribution in [-0.4, -0.2) is 5.66 Å². The molecule has 0 saturated carbocycles. The third-order valence-corrected chi connectivity index (χ3v) is 4.60. The van der Waals surface area contributed by atoms with Gasteiger partial charge in [0.1, 0.15) is 5.66 Å². The maximum absolute atomic E-state index is 2.38. The van der Waals surface area contributed by atoms with Crippen molar-refractivity contribution < 1.29 is 0 Å². The molecule has 2 heteroatoms. The molecule has 0 atom stereocenters. The van der Waals surface area contributed by atoms with Gasteiger partial charge in [0, 0.05) is 23.8 Å². The van der Waals surface area contributed by atoms with Crippen LogP contribution in [0, 0.1) is 20.8 Å². The number of nitrogens with zero attached hydrogens (tertiary/aromatic N) is 2. The molecule has 1 aliphatic rings. The molecule has 0 amide bonds. The summed E-state index contributed by atoms with van der Waals surface area (Å²) in [6.45, 7) is 11.1. The van der Waals surface area contributed by atoms with E-state index in [9.17, 15) is 0 Å². The molecule has 0 fully saturated rings. The van der Waals surface area contributed by atoms with Gasteiger partial charge in [-0.3, -0.25) is 0 Å². The van der Waals surface area contributed by atoms with Crippen molar-refractivity contribution in [1.29, 1.82) is 0 Å². The molecule has 22 heavy (non-hydrogen) atoms. The number of hydrogen-bond donors (Lipinski definition) is 0. The van der Waals surface area contributed by atoms with Crippen LogP contribution in [0.5, 0.6) is 0 Å². The maximum Gasteiger partial charge on any atom is 0.115 e. The lowest BCUT2D eigenvalue weighted by atomic mass is 10.0. The average molecular weight is 292 g/mol. The maximum atomic E-state index is 2.38. The standard InChI is InChI=1S/C20H24N2/c1-15-9-6-7-12-18(15)21-13-14-22(20(21,4)5)19-16(2)10-8-11-17(19)3/h6-14H,1-5H3. The molecular weight excluding hydrogens is 268 g/mol. The Morgan fingerprint density at radius 2 is 1.23 bits per heavy atom. The highest BCUT2D eigenvalue weighted by Crippen LogP contribution is 2.39. The Morgan fingerprint density at radius 3 is 1.86 bits per heavy atom. The van der Waals surface area contributed by atoms with Crippen LogP contribution in [0.2, 0.25) is 0 Å². The number of para-hydroxylation sites is 2. The number of aryl methyl sites for hydroxylation is 3. The van der Waals surface area contributed by atoms with Crippen LogP contribution in [0.1, 0.15) is 30.5 Å². The van der Waals surface area contributed by atoms with E-state index in [1.54, 1.807) is 0 Å². The normalized spacial score (nSPS) is 16.4. The summed E-state index contributed by atoms with van der Waals surface area (Å²) in [6.07, 6.45) is 4.38. The van der Waals surface area contributed by atoms with Crippen molar-refractivity contribution >= 4 is 11.4 Å². The molecule has 0 radical (unpaired) electrons. The first kappa shape index (κ1) is 14.7. The Hall–Kier alpha value is -2.22. The molecule has 0 bridgehead atoms. The summed E-state index contributed by atoms with van der Waals surface area (Å²) >= 11 is 0. The molecule has 0 spiro atoms. The highest BCUT2D eigenvalue weighted by atomic mass is 15.4. The van der Waals surface area contributed by atoms with E-state index < -0.39 is 0 Å². The molecule has 1 heterocycles. The SMILES string of the molecule is Cc1ccccc1N1C=CN(c2c(C)cccc2C)C1(C)C. The van der Waals surface area contributed by atoms with Crippen LogP contribution in [0.4, 0.5) is 11.4 Å². The summed E-state index contributed by atoms with van der Waals surface area (Å²) in [5.41, 5.74) is 6.35. The molecule has 1 aliphatic heterocycles. The quantitative estimate of drug-likeness (QED) is 0.755. The number of hydrogen-bond acceptors (Lipinski definition) is 2. The molecule has 114 valence electrons. The Balaban J connectivity index is 2.05. The zero-order chi connectivity index (χ0) is 15.9. The molecule has 0 aromatic heterocycles. The van der Waals surface area contributed by atoms with Crippen LogP contribution in [-0.2, 0) is 0 Å². The predicted octanol–water partition coefficient (Wildman–Crippen LogP) is 5.15. The smallest absolute Gasteiger partial charge is 0.115 e. The van der Waals surface area contributed by atoms with Crippen molar-refractivity contribution in [1.82, 2.24) is 0 Å². The van der Waals surface area contributed by atoms with Crippen molar-refractivity contribution in [3.8, 4) is 0 Å². The van der Waals surface area contributed by atoms with Crippen LogP contribution in [0.15, 0.2) is 54.9 Å². The van der Waals surface area contributed by atoms with Gasteiger partial charge in [-0.25, -0.2) is 0 Å². The van der Waals surface area contributed by atoms with Crippen LogP contribution in [0.25, 0.3) is 0 Å². The second-order valence-corrected chi connectivity index (χ2v) is 6.56. The lowest BCUT2D eigenvalue weighted by Gasteiger charge is -2.42. The van der Waals surface area contributed by atoms with E-state index in [0.717, 1.165) is 0 Å². The van der Waals surface area contributed by atoms with E-state index in [-0.39, 0.29) is 5.66 Å². The lowest BCUT2D eigenvalue weighted by molar-refractivity contribution is 0.530. The fourth-order valence-electron chi connectivity index (χ4n) is 3.36. The fourth-order valence-corrected chi connectivity index (χ4v) is 3.36. The van der Waals surface area contributed by atoms with Crippen molar-refractivity contribution in [2.24, 2.45) is 0 Å². The van der Waals surface area contributed by atoms with E-state index in [1.165, 1.54) is 28.1 Å². The summed E-state index contributed by atoms with van der Waals surface area (Å²) in [5, 5.41) is 0. The second-order valence-electron chi connectivity index (χ2n) is 6.56. The molecule has 2 aromatic carbocycles. The van der Waals surface area contributed by atoms with Gasteiger partial charge < -0.3 is 9.80 Å². The lowest BCUT2D eigenvalue weighted by Crippen LogP contribution is -2.49. The van der Waals surface area contributed by atoms with E-state index in [4.69, 9.17) is 0 Å². The Labute approximate surface area is 133 Å². The van der Waals surface area contributed by atoms with Crippen LogP contribution in [0.3, 0.4) is 0 Å². The van der Waals surface area contributed by atoms with Gasteiger partial charge in [-0.1, -0.05) is 36.4 Å².